The number of hydrogen-bond donors (Lipinski definition) is 3. The van der Waals surface area contributed by atoms with E-state index < -0.39 is 6.04 Å². The van der Waals surface area contributed by atoms with E-state index in [1.807, 2.05) is 26.0 Å². The van der Waals surface area contributed by atoms with Crippen LogP contribution in [0, 0.1) is 13.8 Å². The molecule has 0 aliphatic carbocycles. The molecule has 3 N–H and O–H groups in total. The van der Waals surface area contributed by atoms with Gasteiger partial charge in [-0.1, -0.05) is 0 Å². The van der Waals surface area contributed by atoms with Gasteiger partial charge in [0.1, 0.15) is 6.04 Å². The molecule has 1 aromatic carbocycles. The Bertz CT molecular complexity index is 557. The van der Waals surface area contributed by atoms with Crippen LogP contribution >= 0.6 is 0 Å². The summed E-state index contributed by atoms with van der Waals surface area (Å²) in [6, 6.07) is 3.37. The van der Waals surface area contributed by atoms with Crippen molar-refractivity contribution in [3.8, 4) is 0 Å². The van der Waals surface area contributed by atoms with Crippen molar-refractivity contribution in [3.63, 3.8) is 0 Å². The average molecular weight is 291 g/mol. The molecule has 0 spiro atoms. The van der Waals surface area contributed by atoms with Gasteiger partial charge in [-0.25, -0.2) is 0 Å². The molecule has 114 valence electrons. The quantitative estimate of drug-likeness (QED) is 0.712. The number of aryl methyl sites for hydroxylation is 2. The van der Waals surface area contributed by atoms with Crippen LogP contribution in [0.1, 0.15) is 17.5 Å². The van der Waals surface area contributed by atoms with Gasteiger partial charge in [0, 0.05) is 13.7 Å². The Morgan fingerprint density at radius 3 is 2.62 bits per heavy atom. The van der Waals surface area contributed by atoms with E-state index in [4.69, 9.17) is 4.74 Å². The zero-order valence-electron chi connectivity index (χ0n) is 12.6. The maximum absolute atomic E-state index is 12.0. The lowest BCUT2D eigenvalue weighted by Crippen LogP contribution is -2.43. The highest BCUT2D eigenvalue weighted by Gasteiger charge is 2.27. The minimum absolute atomic E-state index is 0.0991. The Kier molecular flexibility index (Phi) is 4.80. The fraction of sp³-hybridized carbons (Fsp3) is 0.467. The zero-order valence-corrected chi connectivity index (χ0v) is 12.6. The van der Waals surface area contributed by atoms with Crippen LogP contribution in [-0.4, -0.2) is 38.1 Å². The van der Waals surface area contributed by atoms with E-state index >= 15 is 0 Å². The molecule has 0 saturated carbocycles. The Labute approximate surface area is 124 Å². The number of ether oxygens (including phenoxy) is 1. The first-order chi connectivity index (χ1) is 10.0. The zero-order chi connectivity index (χ0) is 15.4. The van der Waals surface area contributed by atoms with Crippen molar-refractivity contribution in [2.45, 2.75) is 26.3 Å². The van der Waals surface area contributed by atoms with Crippen molar-refractivity contribution in [3.05, 3.63) is 23.3 Å². The molecule has 1 atom stereocenters. The molecule has 1 heterocycles. The SMILES string of the molecule is COCCNC(=O)C[C@H]1Nc2cc(C)c(C)cc2NC1=O. The third-order valence-corrected chi connectivity index (χ3v) is 3.56. The monoisotopic (exact) mass is 291 g/mol. The molecule has 6 heteroatoms. The maximum Gasteiger partial charge on any atom is 0.247 e. The number of anilines is 2. The van der Waals surface area contributed by atoms with Crippen molar-refractivity contribution in [2.24, 2.45) is 0 Å². The summed E-state index contributed by atoms with van der Waals surface area (Å²) in [4.78, 5) is 23.8. The number of benzene rings is 1. The molecule has 0 aromatic heterocycles. The van der Waals surface area contributed by atoms with Crippen LogP contribution < -0.4 is 16.0 Å². The largest absolute Gasteiger partial charge is 0.383 e. The summed E-state index contributed by atoms with van der Waals surface area (Å²) in [5, 5.41) is 8.69. The second-order valence-electron chi connectivity index (χ2n) is 5.22. The number of methoxy groups -OCH3 is 1. The molecule has 0 unspecified atom stereocenters. The van der Waals surface area contributed by atoms with Crippen LogP contribution in [0.5, 0.6) is 0 Å². The summed E-state index contributed by atoms with van der Waals surface area (Å²) in [7, 11) is 1.57. The minimum Gasteiger partial charge on any atom is -0.383 e. The van der Waals surface area contributed by atoms with Crippen molar-refractivity contribution in [1.29, 1.82) is 0 Å². The van der Waals surface area contributed by atoms with Gasteiger partial charge >= 0.3 is 0 Å². The molecule has 0 radical (unpaired) electrons. The predicted octanol–water partition coefficient (Wildman–Crippen LogP) is 1.19. The third-order valence-electron chi connectivity index (χ3n) is 3.56. The summed E-state index contributed by atoms with van der Waals surface area (Å²) >= 11 is 0. The molecule has 6 nitrogen and oxygen atoms in total. The van der Waals surface area contributed by atoms with Gasteiger partial charge < -0.3 is 20.7 Å². The molecule has 0 bridgehead atoms. The highest BCUT2D eigenvalue weighted by molar-refractivity contribution is 6.05. The molecule has 0 fully saturated rings. The van der Waals surface area contributed by atoms with E-state index in [2.05, 4.69) is 16.0 Å². The highest BCUT2D eigenvalue weighted by Crippen LogP contribution is 2.30. The lowest BCUT2D eigenvalue weighted by atomic mass is 10.0. The van der Waals surface area contributed by atoms with Crippen molar-refractivity contribution in [2.75, 3.05) is 30.9 Å². The van der Waals surface area contributed by atoms with Gasteiger partial charge in [0.15, 0.2) is 0 Å². The molecule has 1 aliphatic rings. The molecule has 1 aromatic rings. The number of fused-ring (bicyclic) bond motifs is 1. The average Bonchev–Trinajstić information content (AvgIpc) is 2.42. The fourth-order valence-corrected chi connectivity index (χ4v) is 2.21. The van der Waals surface area contributed by atoms with Crippen LogP contribution in [0.3, 0.4) is 0 Å². The number of amides is 2. The molecule has 2 amide bonds. The number of carbonyl (C=O) groups is 2. The van der Waals surface area contributed by atoms with Crippen molar-refractivity contribution < 1.29 is 14.3 Å². The van der Waals surface area contributed by atoms with Gasteiger partial charge in [-0.3, -0.25) is 9.59 Å². The van der Waals surface area contributed by atoms with E-state index in [1.165, 1.54) is 0 Å². The van der Waals surface area contributed by atoms with Gasteiger partial charge in [-0.05, 0) is 37.1 Å². The molecular formula is C15H21N3O3. The first-order valence-corrected chi connectivity index (χ1v) is 6.95. The predicted molar refractivity (Wildman–Crippen MR) is 81.5 cm³/mol. The summed E-state index contributed by atoms with van der Waals surface area (Å²) in [6.45, 7) is 4.91. The number of nitrogens with one attached hydrogen (secondary N) is 3. The Balaban J connectivity index is 2.01. The van der Waals surface area contributed by atoms with Gasteiger partial charge in [0.2, 0.25) is 11.8 Å². The first kappa shape index (κ1) is 15.3. The number of carbonyl (C=O) groups excluding carboxylic acids is 2. The van der Waals surface area contributed by atoms with Crippen LogP contribution in [-0.2, 0) is 14.3 Å². The Morgan fingerprint density at radius 1 is 1.29 bits per heavy atom. The standard InChI is InChI=1S/C15H21N3O3/c1-9-6-11-12(7-10(9)2)18-15(20)13(17-11)8-14(19)16-4-5-21-3/h6-7,13,17H,4-5,8H2,1-3H3,(H,16,19)(H,18,20)/t13-/m1/s1. The van der Waals surface area contributed by atoms with Gasteiger partial charge in [0.05, 0.1) is 24.4 Å². The number of hydrogen-bond acceptors (Lipinski definition) is 4. The lowest BCUT2D eigenvalue weighted by Gasteiger charge is -2.27. The van der Waals surface area contributed by atoms with E-state index in [0.717, 1.165) is 22.5 Å². The topological polar surface area (TPSA) is 79.5 Å². The summed E-state index contributed by atoms with van der Waals surface area (Å²) < 4.78 is 4.86. The molecule has 21 heavy (non-hydrogen) atoms. The van der Waals surface area contributed by atoms with Crippen molar-refractivity contribution >= 4 is 23.2 Å². The molecule has 0 saturated heterocycles. The van der Waals surface area contributed by atoms with E-state index in [0.29, 0.717) is 13.2 Å². The fourth-order valence-electron chi connectivity index (χ4n) is 2.21. The Hall–Kier alpha value is -2.08. The van der Waals surface area contributed by atoms with Gasteiger partial charge in [-0.15, -0.1) is 0 Å². The van der Waals surface area contributed by atoms with Crippen LogP contribution in [0.4, 0.5) is 11.4 Å². The van der Waals surface area contributed by atoms with Crippen LogP contribution in [0.25, 0.3) is 0 Å². The van der Waals surface area contributed by atoms with Gasteiger partial charge in [-0.2, -0.15) is 0 Å². The highest BCUT2D eigenvalue weighted by atomic mass is 16.5. The summed E-state index contributed by atoms with van der Waals surface area (Å²) in [5.41, 5.74) is 3.87. The first-order valence-electron chi connectivity index (χ1n) is 6.95. The Morgan fingerprint density at radius 2 is 1.95 bits per heavy atom. The molecular weight excluding hydrogens is 270 g/mol. The lowest BCUT2D eigenvalue weighted by molar-refractivity contribution is -0.125. The van der Waals surface area contributed by atoms with E-state index in [9.17, 15) is 9.59 Å². The van der Waals surface area contributed by atoms with Crippen LogP contribution in [0.2, 0.25) is 0 Å². The molecule has 1 aliphatic heterocycles. The van der Waals surface area contributed by atoms with E-state index in [1.54, 1.807) is 7.11 Å². The van der Waals surface area contributed by atoms with Crippen LogP contribution in [0.15, 0.2) is 12.1 Å². The normalized spacial score (nSPS) is 16.7. The second-order valence-corrected chi connectivity index (χ2v) is 5.22. The third kappa shape index (κ3) is 3.72. The maximum atomic E-state index is 12.0. The second kappa shape index (κ2) is 6.58. The van der Waals surface area contributed by atoms with Gasteiger partial charge in [0.25, 0.3) is 0 Å². The summed E-state index contributed by atoms with van der Waals surface area (Å²) in [6.07, 6.45) is 0.0991. The molecule has 2 rings (SSSR count). The number of rotatable bonds is 5. The smallest absolute Gasteiger partial charge is 0.247 e. The van der Waals surface area contributed by atoms with Crippen molar-refractivity contribution in [1.82, 2.24) is 5.32 Å². The summed E-state index contributed by atoms with van der Waals surface area (Å²) in [5.74, 6) is -0.361. The minimum atomic E-state index is -0.554. The van der Waals surface area contributed by atoms with E-state index in [-0.39, 0.29) is 18.2 Å².